The van der Waals surface area contributed by atoms with E-state index >= 15 is 0 Å². The first-order chi connectivity index (χ1) is 13.6. The number of hydrazine groups is 1. The van der Waals surface area contributed by atoms with Gasteiger partial charge in [-0.3, -0.25) is 20.4 Å². The Balaban J connectivity index is 1.46. The van der Waals surface area contributed by atoms with Gasteiger partial charge in [-0.25, -0.2) is 0 Å². The van der Waals surface area contributed by atoms with Crippen LogP contribution in [0.3, 0.4) is 0 Å². The topological polar surface area (TPSA) is 67.4 Å². The molecule has 0 atom stereocenters. The van der Waals surface area contributed by atoms with Crippen LogP contribution in [0.2, 0.25) is 0 Å². The summed E-state index contributed by atoms with van der Waals surface area (Å²) in [5.74, 6) is -0.0679. The standard InChI is InChI=1S/C23H22N2O3/c1-17-7-9-19(10-8-17)22(26)24-25-23(27)20-11-13-21(14-12-20)28-16-15-18-5-3-2-4-6-18/h2-14H,15-16H2,1H3,(H,24,26)(H,25,27). The summed E-state index contributed by atoms with van der Waals surface area (Å²) < 4.78 is 5.71. The molecule has 28 heavy (non-hydrogen) atoms. The summed E-state index contributed by atoms with van der Waals surface area (Å²) >= 11 is 0. The number of carbonyl (C=O) groups is 2. The van der Waals surface area contributed by atoms with Crippen molar-refractivity contribution in [2.24, 2.45) is 0 Å². The maximum Gasteiger partial charge on any atom is 0.269 e. The second kappa shape index (κ2) is 9.37. The zero-order valence-electron chi connectivity index (χ0n) is 15.6. The zero-order chi connectivity index (χ0) is 19.8. The molecule has 5 heteroatoms. The average molecular weight is 374 g/mol. The first-order valence-corrected chi connectivity index (χ1v) is 9.06. The lowest BCUT2D eigenvalue weighted by Gasteiger charge is -2.09. The molecule has 0 fully saturated rings. The van der Waals surface area contributed by atoms with Crippen LogP contribution in [0.15, 0.2) is 78.9 Å². The summed E-state index contributed by atoms with van der Waals surface area (Å²) in [6.07, 6.45) is 0.814. The van der Waals surface area contributed by atoms with Crippen LogP contribution in [0.1, 0.15) is 31.8 Å². The summed E-state index contributed by atoms with van der Waals surface area (Å²) in [7, 11) is 0. The molecule has 3 rings (SSSR count). The average Bonchev–Trinajstić information content (AvgIpc) is 2.73. The van der Waals surface area contributed by atoms with Gasteiger partial charge in [-0.2, -0.15) is 0 Å². The van der Waals surface area contributed by atoms with Crippen molar-refractivity contribution in [1.82, 2.24) is 10.9 Å². The van der Waals surface area contributed by atoms with E-state index in [1.54, 1.807) is 36.4 Å². The zero-order valence-corrected chi connectivity index (χ0v) is 15.6. The van der Waals surface area contributed by atoms with Crippen molar-refractivity contribution in [2.45, 2.75) is 13.3 Å². The molecule has 0 aliphatic heterocycles. The van der Waals surface area contributed by atoms with E-state index in [1.807, 2.05) is 37.3 Å². The molecular formula is C23H22N2O3. The van der Waals surface area contributed by atoms with E-state index in [-0.39, 0.29) is 5.91 Å². The van der Waals surface area contributed by atoms with Crippen molar-refractivity contribution in [3.8, 4) is 5.75 Å². The number of benzene rings is 3. The normalized spacial score (nSPS) is 10.2. The SMILES string of the molecule is Cc1ccc(C(=O)NNC(=O)c2ccc(OCCc3ccccc3)cc2)cc1. The quantitative estimate of drug-likeness (QED) is 0.647. The maximum atomic E-state index is 12.2. The van der Waals surface area contributed by atoms with Crippen molar-refractivity contribution in [3.63, 3.8) is 0 Å². The van der Waals surface area contributed by atoms with Crippen LogP contribution >= 0.6 is 0 Å². The van der Waals surface area contributed by atoms with Gasteiger partial charge in [-0.15, -0.1) is 0 Å². The molecule has 2 N–H and O–H groups in total. The molecule has 0 saturated carbocycles. The van der Waals surface area contributed by atoms with Gasteiger partial charge in [0.2, 0.25) is 0 Å². The molecule has 3 aromatic rings. The highest BCUT2D eigenvalue weighted by atomic mass is 16.5. The first-order valence-electron chi connectivity index (χ1n) is 9.06. The smallest absolute Gasteiger partial charge is 0.269 e. The fraction of sp³-hybridized carbons (Fsp3) is 0.130. The lowest BCUT2D eigenvalue weighted by Crippen LogP contribution is -2.41. The number of ether oxygens (including phenoxy) is 1. The van der Waals surface area contributed by atoms with Crippen molar-refractivity contribution in [1.29, 1.82) is 0 Å². The Morgan fingerprint density at radius 2 is 1.29 bits per heavy atom. The Labute approximate surface area is 164 Å². The molecule has 0 aliphatic rings. The molecule has 0 saturated heterocycles. The van der Waals surface area contributed by atoms with Gasteiger partial charge >= 0.3 is 0 Å². The van der Waals surface area contributed by atoms with Gasteiger partial charge in [0.25, 0.3) is 11.8 Å². The van der Waals surface area contributed by atoms with Gasteiger partial charge in [0.05, 0.1) is 6.61 Å². The minimum absolute atomic E-state index is 0.366. The minimum Gasteiger partial charge on any atom is -0.493 e. The summed E-state index contributed by atoms with van der Waals surface area (Å²) in [6, 6.07) is 24.0. The van der Waals surface area contributed by atoms with E-state index in [0.717, 1.165) is 12.0 Å². The molecule has 0 bridgehead atoms. The van der Waals surface area contributed by atoms with Gasteiger partial charge in [-0.1, -0.05) is 48.0 Å². The Morgan fingerprint density at radius 3 is 1.86 bits per heavy atom. The summed E-state index contributed by atoms with van der Waals surface area (Å²) in [4.78, 5) is 24.2. The number of carbonyl (C=O) groups excluding carboxylic acids is 2. The number of rotatable bonds is 6. The molecule has 3 aromatic carbocycles. The van der Waals surface area contributed by atoms with Crippen LogP contribution in [-0.2, 0) is 6.42 Å². The second-order valence-corrected chi connectivity index (χ2v) is 6.38. The third-order valence-electron chi connectivity index (χ3n) is 4.22. The van der Waals surface area contributed by atoms with Gasteiger partial charge in [0, 0.05) is 17.5 Å². The van der Waals surface area contributed by atoms with E-state index in [2.05, 4.69) is 23.0 Å². The fourth-order valence-corrected chi connectivity index (χ4v) is 2.60. The lowest BCUT2D eigenvalue weighted by atomic mass is 10.1. The summed E-state index contributed by atoms with van der Waals surface area (Å²) in [5.41, 5.74) is 8.01. The molecule has 0 unspecified atom stereocenters. The highest BCUT2D eigenvalue weighted by Crippen LogP contribution is 2.13. The van der Waals surface area contributed by atoms with E-state index in [0.29, 0.717) is 23.5 Å². The number of hydrogen-bond acceptors (Lipinski definition) is 3. The lowest BCUT2D eigenvalue weighted by molar-refractivity contribution is 0.0846. The Kier molecular flexibility index (Phi) is 6.41. The second-order valence-electron chi connectivity index (χ2n) is 6.38. The molecule has 5 nitrogen and oxygen atoms in total. The van der Waals surface area contributed by atoms with Gasteiger partial charge < -0.3 is 4.74 Å². The van der Waals surface area contributed by atoms with Gasteiger partial charge in [0.1, 0.15) is 5.75 Å². The largest absolute Gasteiger partial charge is 0.493 e. The Bertz CT molecular complexity index is 920. The molecule has 2 amide bonds. The Morgan fingerprint density at radius 1 is 0.750 bits per heavy atom. The number of nitrogens with one attached hydrogen (secondary N) is 2. The summed E-state index contributed by atoms with van der Waals surface area (Å²) in [5, 5.41) is 0. The van der Waals surface area contributed by atoms with E-state index in [9.17, 15) is 9.59 Å². The predicted molar refractivity (Wildman–Crippen MR) is 108 cm³/mol. The van der Waals surface area contributed by atoms with Crippen molar-refractivity contribution in [3.05, 3.63) is 101 Å². The highest BCUT2D eigenvalue weighted by molar-refractivity contribution is 5.99. The van der Waals surface area contributed by atoms with Crippen LogP contribution in [0.25, 0.3) is 0 Å². The van der Waals surface area contributed by atoms with E-state index < -0.39 is 5.91 Å². The van der Waals surface area contributed by atoms with Crippen LogP contribution < -0.4 is 15.6 Å². The van der Waals surface area contributed by atoms with E-state index in [1.165, 1.54) is 5.56 Å². The van der Waals surface area contributed by atoms with Gasteiger partial charge in [0.15, 0.2) is 0 Å². The molecule has 0 aliphatic carbocycles. The molecule has 0 heterocycles. The summed E-state index contributed by atoms with van der Waals surface area (Å²) in [6.45, 7) is 2.50. The predicted octanol–water partition coefficient (Wildman–Crippen LogP) is 3.69. The van der Waals surface area contributed by atoms with Crippen LogP contribution in [0, 0.1) is 6.92 Å². The molecular weight excluding hydrogens is 352 g/mol. The van der Waals surface area contributed by atoms with Crippen molar-refractivity contribution < 1.29 is 14.3 Å². The molecule has 0 aromatic heterocycles. The van der Waals surface area contributed by atoms with Gasteiger partial charge in [-0.05, 0) is 48.9 Å². The third-order valence-corrected chi connectivity index (χ3v) is 4.22. The van der Waals surface area contributed by atoms with E-state index in [4.69, 9.17) is 4.74 Å². The molecule has 0 spiro atoms. The number of amides is 2. The molecule has 0 radical (unpaired) electrons. The molecule has 142 valence electrons. The van der Waals surface area contributed by atoms with Crippen LogP contribution in [0.5, 0.6) is 5.75 Å². The number of hydrogen-bond donors (Lipinski definition) is 2. The van der Waals surface area contributed by atoms with Crippen LogP contribution in [-0.4, -0.2) is 18.4 Å². The minimum atomic E-state index is -0.392. The highest BCUT2D eigenvalue weighted by Gasteiger charge is 2.09. The fourth-order valence-electron chi connectivity index (χ4n) is 2.60. The Hall–Kier alpha value is -3.60. The van der Waals surface area contributed by atoms with Crippen LogP contribution in [0.4, 0.5) is 0 Å². The van der Waals surface area contributed by atoms with Crippen molar-refractivity contribution >= 4 is 11.8 Å². The number of aryl methyl sites for hydroxylation is 1. The maximum absolute atomic E-state index is 12.2. The monoisotopic (exact) mass is 374 g/mol. The first kappa shape index (κ1) is 19.2. The van der Waals surface area contributed by atoms with Crippen molar-refractivity contribution in [2.75, 3.05) is 6.61 Å². The third kappa shape index (κ3) is 5.45.